The normalized spacial score (nSPS) is 11.5. The molecule has 0 N–H and O–H groups in total. The number of hydrogen-bond acceptors (Lipinski definition) is 5. The molecule has 0 unspecified atom stereocenters. The summed E-state index contributed by atoms with van der Waals surface area (Å²) in [4.78, 5) is 19.2. The summed E-state index contributed by atoms with van der Waals surface area (Å²) in [5.74, 6) is 0.425. The summed E-state index contributed by atoms with van der Waals surface area (Å²) in [6.45, 7) is 10.7. The number of carbonyl (C=O) groups excluding carboxylic acids is 1. The summed E-state index contributed by atoms with van der Waals surface area (Å²) in [5.41, 5.74) is 2.85. The Bertz CT molecular complexity index is 1300. The first-order chi connectivity index (χ1) is 16.6. The molecule has 0 atom stereocenters. The smallest absolute Gasteiger partial charge is 0.254 e. The monoisotopic (exact) mass is 495 g/mol. The molecule has 0 aliphatic carbocycles. The zero-order valence-corrected chi connectivity index (χ0v) is 21.6. The van der Waals surface area contributed by atoms with Crippen LogP contribution in [-0.4, -0.2) is 42.4 Å². The van der Waals surface area contributed by atoms with Crippen LogP contribution in [0, 0.1) is 12.8 Å². The summed E-state index contributed by atoms with van der Waals surface area (Å²) < 4.78 is 33.7. The molecule has 1 heterocycles. The van der Waals surface area contributed by atoms with Crippen LogP contribution in [0.4, 0.5) is 0 Å². The van der Waals surface area contributed by atoms with E-state index < -0.39 is 9.84 Å². The quantitative estimate of drug-likeness (QED) is 0.362. The molecule has 0 saturated heterocycles. The highest BCUT2D eigenvalue weighted by atomic mass is 32.2. The SMILES string of the molecule is C=CCN(Cc1cnc(S(=O)(=O)Cc2cccc(C)c2)n1CC(C)C)C(=O)c1cccc(OC)c1. The van der Waals surface area contributed by atoms with Gasteiger partial charge in [0, 0.05) is 18.7 Å². The van der Waals surface area contributed by atoms with Gasteiger partial charge in [-0.05, 0) is 36.6 Å². The Morgan fingerprint density at radius 1 is 1.20 bits per heavy atom. The molecule has 0 radical (unpaired) electrons. The van der Waals surface area contributed by atoms with Gasteiger partial charge in [-0.1, -0.05) is 55.8 Å². The third-order valence-corrected chi connectivity index (χ3v) is 7.07. The number of ether oxygens (including phenoxy) is 1. The Kier molecular flexibility index (Phi) is 8.51. The molecule has 8 heteroatoms. The van der Waals surface area contributed by atoms with Crippen molar-refractivity contribution in [3.8, 4) is 5.75 Å². The molecular weight excluding hydrogens is 462 g/mol. The second kappa shape index (κ2) is 11.4. The van der Waals surface area contributed by atoms with Crippen molar-refractivity contribution < 1.29 is 17.9 Å². The molecule has 35 heavy (non-hydrogen) atoms. The lowest BCUT2D eigenvalue weighted by atomic mass is 10.1. The van der Waals surface area contributed by atoms with E-state index in [1.807, 2.05) is 39.0 Å². The number of benzene rings is 2. The highest BCUT2D eigenvalue weighted by Gasteiger charge is 2.26. The Hall–Kier alpha value is -3.39. The van der Waals surface area contributed by atoms with E-state index in [-0.39, 0.29) is 29.3 Å². The largest absolute Gasteiger partial charge is 0.497 e. The van der Waals surface area contributed by atoms with E-state index in [0.717, 1.165) is 5.56 Å². The van der Waals surface area contributed by atoms with Gasteiger partial charge in [0.1, 0.15) is 5.75 Å². The summed E-state index contributed by atoms with van der Waals surface area (Å²) in [7, 11) is -2.15. The predicted octanol–water partition coefficient (Wildman–Crippen LogP) is 4.66. The van der Waals surface area contributed by atoms with Gasteiger partial charge in [0.15, 0.2) is 0 Å². The van der Waals surface area contributed by atoms with Crippen LogP contribution in [0.25, 0.3) is 0 Å². The number of aromatic nitrogens is 2. The van der Waals surface area contributed by atoms with Gasteiger partial charge < -0.3 is 14.2 Å². The van der Waals surface area contributed by atoms with E-state index in [2.05, 4.69) is 11.6 Å². The number of methoxy groups -OCH3 is 1. The van der Waals surface area contributed by atoms with Gasteiger partial charge in [-0.3, -0.25) is 4.79 Å². The minimum atomic E-state index is -3.70. The zero-order valence-electron chi connectivity index (χ0n) is 20.8. The van der Waals surface area contributed by atoms with Crippen molar-refractivity contribution in [2.45, 2.75) is 44.8 Å². The number of amides is 1. The highest BCUT2D eigenvalue weighted by molar-refractivity contribution is 7.90. The Morgan fingerprint density at radius 2 is 1.94 bits per heavy atom. The molecule has 3 aromatic rings. The first-order valence-electron chi connectivity index (χ1n) is 11.5. The van der Waals surface area contributed by atoms with Gasteiger partial charge >= 0.3 is 0 Å². The van der Waals surface area contributed by atoms with Crippen LogP contribution >= 0.6 is 0 Å². The van der Waals surface area contributed by atoms with Gasteiger partial charge in [-0.2, -0.15) is 0 Å². The molecule has 0 aliphatic rings. The molecule has 186 valence electrons. The van der Waals surface area contributed by atoms with Crippen molar-refractivity contribution in [3.05, 3.63) is 89.8 Å². The third kappa shape index (κ3) is 6.60. The summed E-state index contributed by atoms with van der Waals surface area (Å²) in [6.07, 6.45) is 3.21. The minimum absolute atomic E-state index is 0.0232. The molecular formula is C27H33N3O4S. The maximum Gasteiger partial charge on any atom is 0.254 e. The van der Waals surface area contributed by atoms with Crippen LogP contribution in [-0.2, 0) is 28.7 Å². The van der Waals surface area contributed by atoms with Crippen LogP contribution in [0.5, 0.6) is 5.75 Å². The molecule has 7 nitrogen and oxygen atoms in total. The van der Waals surface area contributed by atoms with Gasteiger partial charge in [-0.25, -0.2) is 13.4 Å². The first kappa shape index (κ1) is 26.2. The topological polar surface area (TPSA) is 81.5 Å². The molecule has 0 fully saturated rings. The molecule has 3 rings (SSSR count). The van der Waals surface area contributed by atoms with Gasteiger partial charge in [-0.15, -0.1) is 6.58 Å². The zero-order chi connectivity index (χ0) is 25.6. The Morgan fingerprint density at radius 3 is 2.60 bits per heavy atom. The number of imidazole rings is 1. The fraction of sp³-hybridized carbons (Fsp3) is 0.333. The van der Waals surface area contributed by atoms with Crippen molar-refractivity contribution in [2.24, 2.45) is 5.92 Å². The number of aryl methyl sites for hydroxylation is 1. The molecule has 0 spiro atoms. The van der Waals surface area contributed by atoms with Gasteiger partial charge in [0.05, 0.1) is 31.3 Å². The van der Waals surface area contributed by atoms with Crippen LogP contribution in [0.3, 0.4) is 0 Å². The molecule has 0 bridgehead atoms. The second-order valence-electron chi connectivity index (χ2n) is 8.99. The van der Waals surface area contributed by atoms with Crippen molar-refractivity contribution >= 4 is 15.7 Å². The molecule has 1 amide bonds. The van der Waals surface area contributed by atoms with E-state index >= 15 is 0 Å². The lowest BCUT2D eigenvalue weighted by molar-refractivity contribution is 0.0758. The van der Waals surface area contributed by atoms with Gasteiger partial charge in [0.2, 0.25) is 15.0 Å². The van der Waals surface area contributed by atoms with Crippen molar-refractivity contribution in [2.75, 3.05) is 13.7 Å². The molecule has 0 aliphatic heterocycles. The fourth-order valence-electron chi connectivity index (χ4n) is 3.92. The Labute approximate surface area is 208 Å². The van der Waals surface area contributed by atoms with Crippen LogP contribution in [0.2, 0.25) is 0 Å². The van der Waals surface area contributed by atoms with Crippen molar-refractivity contribution in [1.29, 1.82) is 0 Å². The van der Waals surface area contributed by atoms with Crippen molar-refractivity contribution in [1.82, 2.24) is 14.5 Å². The predicted molar refractivity (Wildman–Crippen MR) is 137 cm³/mol. The maximum atomic E-state index is 13.4. The van der Waals surface area contributed by atoms with E-state index in [4.69, 9.17) is 4.74 Å². The average Bonchev–Trinajstić information content (AvgIpc) is 3.20. The minimum Gasteiger partial charge on any atom is -0.497 e. The molecule has 1 aromatic heterocycles. The lowest BCUT2D eigenvalue weighted by Crippen LogP contribution is -2.32. The first-order valence-corrected chi connectivity index (χ1v) is 13.2. The van der Waals surface area contributed by atoms with Gasteiger partial charge in [0.25, 0.3) is 5.91 Å². The summed E-state index contributed by atoms with van der Waals surface area (Å²) in [5, 5.41) is 0.0232. The van der Waals surface area contributed by atoms with E-state index in [9.17, 15) is 13.2 Å². The van der Waals surface area contributed by atoms with Crippen molar-refractivity contribution in [3.63, 3.8) is 0 Å². The summed E-state index contributed by atoms with van der Waals surface area (Å²) >= 11 is 0. The Balaban J connectivity index is 1.95. The van der Waals surface area contributed by atoms with Crippen LogP contribution < -0.4 is 4.74 Å². The summed E-state index contributed by atoms with van der Waals surface area (Å²) in [6, 6.07) is 14.4. The number of hydrogen-bond donors (Lipinski definition) is 0. The van der Waals surface area contributed by atoms with Crippen LogP contribution in [0.15, 0.2) is 72.5 Å². The van der Waals surface area contributed by atoms with E-state index in [0.29, 0.717) is 35.7 Å². The fourth-order valence-corrected chi connectivity index (χ4v) is 5.41. The lowest BCUT2D eigenvalue weighted by Gasteiger charge is -2.23. The molecule has 2 aromatic carbocycles. The number of sulfone groups is 1. The van der Waals surface area contributed by atoms with E-state index in [1.54, 1.807) is 59.2 Å². The maximum absolute atomic E-state index is 13.4. The third-order valence-electron chi connectivity index (χ3n) is 5.47. The standard InChI is InChI=1S/C27H33N3O4S/c1-6-13-29(26(31)23-11-8-12-25(15-23)34-5)18-24-16-28-27(30(24)17-20(2)3)35(32,33)19-22-10-7-9-21(4)14-22/h6-12,14-16,20H,1,13,17-19H2,2-5H3. The second-order valence-corrected chi connectivity index (χ2v) is 10.9. The van der Waals surface area contributed by atoms with E-state index in [1.165, 1.54) is 0 Å². The van der Waals surface area contributed by atoms with Crippen LogP contribution in [0.1, 0.15) is 41.0 Å². The number of rotatable bonds is 11. The molecule has 0 saturated carbocycles. The number of carbonyl (C=O) groups is 1. The number of nitrogens with zero attached hydrogens (tertiary/aromatic N) is 3. The average molecular weight is 496 g/mol. The highest BCUT2D eigenvalue weighted by Crippen LogP contribution is 2.22.